The third kappa shape index (κ3) is 3.53. The molecule has 0 aliphatic rings. The Balaban J connectivity index is 2.01. The monoisotopic (exact) mass is 295 g/mol. The van der Waals surface area contributed by atoms with Crippen LogP contribution in [0.2, 0.25) is 0 Å². The average molecular weight is 295 g/mol. The van der Waals surface area contributed by atoms with E-state index in [0.717, 1.165) is 17.9 Å². The van der Waals surface area contributed by atoms with Gasteiger partial charge in [-0.15, -0.1) is 23.1 Å². The number of aryl methyl sites for hydroxylation is 2. The van der Waals surface area contributed by atoms with Crippen LogP contribution in [0.4, 0.5) is 0 Å². The summed E-state index contributed by atoms with van der Waals surface area (Å²) in [6.07, 6.45) is 1.00. The molecule has 0 radical (unpaired) electrons. The number of thiazole rings is 1. The molecule has 1 nitrogen and oxygen atoms in total. The molecule has 1 aromatic heterocycles. The maximum Gasteiger partial charge on any atom is 0.103 e. The third-order valence-corrected chi connectivity index (χ3v) is 5.52. The number of nitrogens with zero attached hydrogens (tertiary/aromatic N) is 1. The van der Waals surface area contributed by atoms with E-state index in [-0.39, 0.29) is 0 Å². The molecule has 0 amide bonds. The molecule has 2 aromatic rings. The second kappa shape index (κ2) is 6.64. The summed E-state index contributed by atoms with van der Waals surface area (Å²) in [5, 5.41) is 1.21. The number of rotatable bonds is 5. The van der Waals surface area contributed by atoms with Gasteiger partial charge in [0, 0.05) is 15.5 Å². The molecule has 0 fully saturated rings. The molecule has 0 bridgehead atoms. The van der Waals surface area contributed by atoms with E-state index in [2.05, 4.69) is 55.7 Å². The van der Waals surface area contributed by atoms with Crippen molar-refractivity contribution in [2.24, 2.45) is 0 Å². The van der Waals surface area contributed by atoms with E-state index in [4.69, 9.17) is 0 Å². The fourth-order valence-corrected chi connectivity index (χ4v) is 3.96. The molecule has 4 heteroatoms. The summed E-state index contributed by atoms with van der Waals surface area (Å²) in [5.74, 6) is 1.75. The molecule has 0 aliphatic heterocycles. The van der Waals surface area contributed by atoms with Crippen molar-refractivity contribution < 1.29 is 0 Å². The molecule has 2 rings (SSSR count). The molecule has 0 saturated carbocycles. The van der Waals surface area contributed by atoms with E-state index in [0.29, 0.717) is 0 Å². The van der Waals surface area contributed by atoms with Crippen molar-refractivity contribution >= 4 is 35.7 Å². The standard InChI is InChI=1S/C14H17NS3/c1-3-12-13(8-16)18-14(15-12)9-17-11-6-4-10(2)5-7-11/h4-7,16H,3,8-9H2,1-2H3. The van der Waals surface area contributed by atoms with E-state index >= 15 is 0 Å². The molecule has 0 unspecified atom stereocenters. The van der Waals surface area contributed by atoms with Crippen molar-refractivity contribution in [2.45, 2.75) is 36.7 Å². The molecular weight excluding hydrogens is 278 g/mol. The molecule has 96 valence electrons. The summed E-state index contributed by atoms with van der Waals surface area (Å²) in [4.78, 5) is 7.31. The van der Waals surface area contributed by atoms with Gasteiger partial charge < -0.3 is 0 Å². The minimum absolute atomic E-state index is 0.802. The van der Waals surface area contributed by atoms with Crippen LogP contribution in [0, 0.1) is 6.92 Å². The first-order valence-corrected chi connectivity index (χ1v) is 8.44. The van der Waals surface area contributed by atoms with Gasteiger partial charge in [-0.25, -0.2) is 4.98 Å². The largest absolute Gasteiger partial charge is 0.245 e. The molecule has 18 heavy (non-hydrogen) atoms. The van der Waals surface area contributed by atoms with Crippen molar-refractivity contribution in [2.75, 3.05) is 0 Å². The Labute approximate surface area is 122 Å². The Morgan fingerprint density at radius 2 is 2.00 bits per heavy atom. The van der Waals surface area contributed by atoms with Crippen LogP contribution in [-0.2, 0) is 17.9 Å². The van der Waals surface area contributed by atoms with Crippen molar-refractivity contribution in [3.63, 3.8) is 0 Å². The van der Waals surface area contributed by atoms with E-state index in [1.165, 1.54) is 26.0 Å². The lowest BCUT2D eigenvalue weighted by atomic mass is 10.2. The minimum Gasteiger partial charge on any atom is -0.245 e. The lowest BCUT2D eigenvalue weighted by Gasteiger charge is -1.99. The van der Waals surface area contributed by atoms with Crippen LogP contribution >= 0.6 is 35.7 Å². The van der Waals surface area contributed by atoms with Crippen molar-refractivity contribution in [3.8, 4) is 0 Å². The van der Waals surface area contributed by atoms with Gasteiger partial charge in [0.1, 0.15) is 5.01 Å². The lowest BCUT2D eigenvalue weighted by molar-refractivity contribution is 1.02. The predicted octanol–water partition coefficient (Wildman–Crippen LogP) is 4.74. The minimum atomic E-state index is 0.802. The molecular formula is C14H17NS3. The van der Waals surface area contributed by atoms with Crippen molar-refractivity contribution in [3.05, 3.63) is 45.4 Å². The maximum absolute atomic E-state index is 4.68. The molecule has 0 spiro atoms. The van der Waals surface area contributed by atoms with Crippen LogP contribution in [0.3, 0.4) is 0 Å². The molecule has 1 heterocycles. The van der Waals surface area contributed by atoms with Gasteiger partial charge in [0.15, 0.2) is 0 Å². The van der Waals surface area contributed by atoms with Crippen LogP contribution in [0.5, 0.6) is 0 Å². The van der Waals surface area contributed by atoms with E-state index < -0.39 is 0 Å². The number of thioether (sulfide) groups is 1. The Bertz CT molecular complexity index is 481. The summed E-state index contributed by atoms with van der Waals surface area (Å²) in [6, 6.07) is 8.66. The van der Waals surface area contributed by atoms with E-state index in [1.807, 2.05) is 11.8 Å². The van der Waals surface area contributed by atoms with Gasteiger partial charge >= 0.3 is 0 Å². The van der Waals surface area contributed by atoms with Gasteiger partial charge in [0.2, 0.25) is 0 Å². The summed E-state index contributed by atoms with van der Waals surface area (Å²) in [7, 11) is 0. The SMILES string of the molecule is CCc1nc(CSc2ccc(C)cc2)sc1CS. The molecule has 0 atom stereocenters. The summed E-state index contributed by atoms with van der Waals surface area (Å²) < 4.78 is 0. The number of thiol groups is 1. The Morgan fingerprint density at radius 3 is 2.56 bits per heavy atom. The van der Waals surface area contributed by atoms with Gasteiger partial charge in [-0.05, 0) is 25.5 Å². The number of aromatic nitrogens is 1. The summed E-state index contributed by atoms with van der Waals surface area (Å²) in [6.45, 7) is 4.26. The molecule has 0 aliphatic carbocycles. The third-order valence-electron chi connectivity index (χ3n) is 2.68. The topological polar surface area (TPSA) is 12.9 Å². The zero-order valence-corrected chi connectivity index (χ0v) is 13.2. The van der Waals surface area contributed by atoms with Gasteiger partial charge in [-0.3, -0.25) is 0 Å². The van der Waals surface area contributed by atoms with Gasteiger partial charge in [-0.2, -0.15) is 12.6 Å². The maximum atomic E-state index is 4.68. The van der Waals surface area contributed by atoms with Crippen LogP contribution < -0.4 is 0 Å². The average Bonchev–Trinajstić information content (AvgIpc) is 2.80. The molecule has 0 saturated heterocycles. The van der Waals surface area contributed by atoms with E-state index in [1.54, 1.807) is 11.3 Å². The van der Waals surface area contributed by atoms with Crippen LogP contribution in [0.15, 0.2) is 29.2 Å². The zero-order chi connectivity index (χ0) is 13.0. The Kier molecular flexibility index (Phi) is 5.15. The van der Waals surface area contributed by atoms with Crippen LogP contribution in [-0.4, -0.2) is 4.98 Å². The molecule has 1 aromatic carbocycles. The number of hydrogen-bond donors (Lipinski definition) is 1. The highest BCUT2D eigenvalue weighted by atomic mass is 32.2. The fourth-order valence-electron chi connectivity index (χ4n) is 1.68. The lowest BCUT2D eigenvalue weighted by Crippen LogP contribution is -1.85. The quantitative estimate of drug-likeness (QED) is 0.632. The van der Waals surface area contributed by atoms with Crippen LogP contribution in [0.25, 0.3) is 0 Å². The van der Waals surface area contributed by atoms with Gasteiger partial charge in [0.05, 0.1) is 11.4 Å². The van der Waals surface area contributed by atoms with Gasteiger partial charge in [-0.1, -0.05) is 24.6 Å². The smallest absolute Gasteiger partial charge is 0.103 e. The molecule has 0 N–H and O–H groups in total. The highest BCUT2D eigenvalue weighted by Crippen LogP contribution is 2.28. The highest BCUT2D eigenvalue weighted by Gasteiger charge is 2.08. The highest BCUT2D eigenvalue weighted by molar-refractivity contribution is 7.98. The number of benzene rings is 1. The normalized spacial score (nSPS) is 10.8. The fraction of sp³-hybridized carbons (Fsp3) is 0.357. The Morgan fingerprint density at radius 1 is 1.28 bits per heavy atom. The van der Waals surface area contributed by atoms with Crippen molar-refractivity contribution in [1.29, 1.82) is 0 Å². The van der Waals surface area contributed by atoms with Crippen molar-refractivity contribution in [1.82, 2.24) is 4.98 Å². The second-order valence-electron chi connectivity index (χ2n) is 4.09. The summed E-state index contributed by atoms with van der Waals surface area (Å²) in [5.41, 5.74) is 2.52. The Hall–Kier alpha value is -0.450. The predicted molar refractivity (Wildman–Crippen MR) is 84.9 cm³/mol. The first-order valence-electron chi connectivity index (χ1n) is 6.00. The number of hydrogen-bond acceptors (Lipinski definition) is 4. The van der Waals surface area contributed by atoms with Gasteiger partial charge in [0.25, 0.3) is 0 Å². The van der Waals surface area contributed by atoms with E-state index in [9.17, 15) is 0 Å². The first kappa shape index (κ1) is 14.0. The first-order chi connectivity index (χ1) is 8.72. The zero-order valence-electron chi connectivity index (χ0n) is 10.6. The summed E-state index contributed by atoms with van der Waals surface area (Å²) >= 11 is 8.01. The second-order valence-corrected chi connectivity index (χ2v) is 6.62. The van der Waals surface area contributed by atoms with Crippen LogP contribution in [0.1, 0.15) is 28.1 Å².